The molecule has 0 saturated heterocycles. The Morgan fingerprint density at radius 3 is 2.59 bits per heavy atom. The fourth-order valence-corrected chi connectivity index (χ4v) is 4.58. The van der Waals surface area contributed by atoms with Gasteiger partial charge in [0.2, 0.25) is 16.0 Å². The first-order chi connectivity index (χ1) is 13.5. The molecule has 0 unspecified atom stereocenters. The van der Waals surface area contributed by atoms with E-state index in [2.05, 4.69) is 25.2 Å². The Morgan fingerprint density at radius 2 is 2.00 bits per heavy atom. The molecule has 12 heteroatoms. The molecule has 2 aromatic heterocycles. The first-order valence-corrected chi connectivity index (χ1v) is 10.3. The van der Waals surface area contributed by atoms with Crippen molar-refractivity contribution in [2.45, 2.75) is 43.8 Å². The summed E-state index contributed by atoms with van der Waals surface area (Å²) in [4.78, 5) is 6.66. The third-order valence-electron chi connectivity index (χ3n) is 4.52. The van der Waals surface area contributed by atoms with Crippen molar-refractivity contribution in [3.8, 4) is 11.1 Å². The number of aromatic nitrogens is 3. The van der Waals surface area contributed by atoms with Gasteiger partial charge in [-0.1, -0.05) is 5.16 Å². The highest BCUT2D eigenvalue weighted by molar-refractivity contribution is 7.89. The molecular formula is C17H18F3N5O3S. The molecule has 0 bridgehead atoms. The zero-order valence-corrected chi connectivity index (χ0v) is 16.3. The molecule has 0 aliphatic heterocycles. The molecule has 4 rings (SSSR count). The molecule has 0 atom stereocenters. The second kappa shape index (κ2) is 6.73. The number of nitrogens with one attached hydrogen (secondary N) is 3. The molecular weight excluding hydrogens is 411 g/mol. The topological polar surface area (TPSA) is 113 Å². The lowest BCUT2D eigenvalue weighted by Crippen LogP contribution is -2.26. The van der Waals surface area contributed by atoms with Crippen LogP contribution in [0.5, 0.6) is 0 Å². The Morgan fingerprint density at radius 1 is 1.28 bits per heavy atom. The maximum Gasteiger partial charge on any atom is 0.405 e. The third kappa shape index (κ3) is 4.08. The molecule has 2 heterocycles. The van der Waals surface area contributed by atoms with Gasteiger partial charge in [-0.3, -0.25) is 0 Å². The average molecular weight is 429 g/mol. The third-order valence-corrected chi connectivity index (χ3v) is 6.05. The van der Waals surface area contributed by atoms with Crippen LogP contribution in [0.15, 0.2) is 21.6 Å². The van der Waals surface area contributed by atoms with Crippen molar-refractivity contribution >= 4 is 27.0 Å². The number of aryl methyl sites for hydroxylation is 2. The molecule has 1 aromatic carbocycles. The van der Waals surface area contributed by atoms with E-state index in [1.165, 1.54) is 6.07 Å². The molecule has 1 saturated carbocycles. The van der Waals surface area contributed by atoms with Gasteiger partial charge in [0.25, 0.3) is 0 Å². The highest BCUT2D eigenvalue weighted by Crippen LogP contribution is 2.34. The predicted octanol–water partition coefficient (Wildman–Crippen LogP) is 3.25. The molecule has 156 valence electrons. The SMILES string of the molecule is Cc1noc(C)c1-c1cc(S(=O)(=O)NC2CC2)c2nc(NCC(F)(F)F)[nH]c2c1. The summed E-state index contributed by atoms with van der Waals surface area (Å²) in [5.41, 5.74) is 2.03. The van der Waals surface area contributed by atoms with Gasteiger partial charge >= 0.3 is 6.18 Å². The van der Waals surface area contributed by atoms with Crippen LogP contribution in [0.2, 0.25) is 0 Å². The fourth-order valence-electron chi connectivity index (χ4n) is 3.08. The molecule has 3 aromatic rings. The lowest BCUT2D eigenvalue weighted by Gasteiger charge is -2.09. The Kier molecular flexibility index (Phi) is 4.57. The minimum atomic E-state index is -4.44. The summed E-state index contributed by atoms with van der Waals surface area (Å²) in [7, 11) is -3.93. The van der Waals surface area contributed by atoms with Crippen LogP contribution in [-0.4, -0.2) is 42.3 Å². The van der Waals surface area contributed by atoms with Crippen molar-refractivity contribution in [2.75, 3.05) is 11.9 Å². The van der Waals surface area contributed by atoms with Crippen LogP contribution in [0, 0.1) is 13.8 Å². The molecule has 0 spiro atoms. The van der Waals surface area contributed by atoms with E-state index in [9.17, 15) is 21.6 Å². The van der Waals surface area contributed by atoms with Gasteiger partial charge in [-0.15, -0.1) is 0 Å². The first kappa shape index (κ1) is 19.7. The summed E-state index contributed by atoms with van der Waals surface area (Å²) in [6, 6.07) is 2.91. The number of imidazole rings is 1. The Hall–Kier alpha value is -2.60. The number of nitrogens with zero attached hydrogens (tertiary/aromatic N) is 2. The zero-order valence-electron chi connectivity index (χ0n) is 15.5. The van der Waals surface area contributed by atoms with Gasteiger partial charge in [-0.05, 0) is 44.4 Å². The molecule has 29 heavy (non-hydrogen) atoms. The van der Waals surface area contributed by atoms with Crippen molar-refractivity contribution in [1.29, 1.82) is 0 Å². The quantitative estimate of drug-likeness (QED) is 0.555. The minimum Gasteiger partial charge on any atom is -0.361 e. The monoisotopic (exact) mass is 429 g/mol. The lowest BCUT2D eigenvalue weighted by atomic mass is 10.0. The van der Waals surface area contributed by atoms with Crippen LogP contribution in [0.3, 0.4) is 0 Å². The van der Waals surface area contributed by atoms with Crippen molar-refractivity contribution in [3.05, 3.63) is 23.6 Å². The largest absolute Gasteiger partial charge is 0.405 e. The average Bonchev–Trinajstić information content (AvgIpc) is 3.21. The summed E-state index contributed by atoms with van der Waals surface area (Å²) >= 11 is 0. The van der Waals surface area contributed by atoms with Crippen LogP contribution in [0.4, 0.5) is 19.1 Å². The maximum atomic E-state index is 12.9. The van der Waals surface area contributed by atoms with Crippen LogP contribution in [0.25, 0.3) is 22.2 Å². The number of aromatic amines is 1. The number of alkyl halides is 3. The predicted molar refractivity (Wildman–Crippen MR) is 99.0 cm³/mol. The normalized spacial score (nSPS) is 15.2. The maximum absolute atomic E-state index is 12.9. The van der Waals surface area contributed by atoms with Gasteiger partial charge in [0.05, 0.1) is 11.2 Å². The summed E-state index contributed by atoms with van der Waals surface area (Å²) < 4.78 is 71.2. The molecule has 8 nitrogen and oxygen atoms in total. The Labute approximate surface area is 163 Å². The van der Waals surface area contributed by atoms with Crippen molar-refractivity contribution < 1.29 is 26.1 Å². The smallest absolute Gasteiger partial charge is 0.361 e. The highest BCUT2D eigenvalue weighted by atomic mass is 32.2. The first-order valence-electron chi connectivity index (χ1n) is 8.83. The van der Waals surface area contributed by atoms with E-state index in [4.69, 9.17) is 4.52 Å². The molecule has 1 fully saturated rings. The second-order valence-corrected chi connectivity index (χ2v) is 8.70. The van der Waals surface area contributed by atoms with Gasteiger partial charge in [0.1, 0.15) is 22.7 Å². The Balaban J connectivity index is 1.86. The highest BCUT2D eigenvalue weighted by Gasteiger charge is 2.31. The number of hydrogen-bond acceptors (Lipinski definition) is 6. The lowest BCUT2D eigenvalue weighted by molar-refractivity contribution is -0.115. The van der Waals surface area contributed by atoms with Crippen LogP contribution in [0.1, 0.15) is 24.3 Å². The van der Waals surface area contributed by atoms with Crippen LogP contribution in [-0.2, 0) is 10.0 Å². The van der Waals surface area contributed by atoms with Crippen molar-refractivity contribution in [1.82, 2.24) is 19.8 Å². The summed E-state index contributed by atoms with van der Waals surface area (Å²) in [6.45, 7) is 2.11. The number of hydrogen-bond donors (Lipinski definition) is 3. The van der Waals surface area contributed by atoms with Gasteiger partial charge in [-0.2, -0.15) is 13.2 Å². The van der Waals surface area contributed by atoms with E-state index in [-0.39, 0.29) is 27.9 Å². The van der Waals surface area contributed by atoms with Crippen LogP contribution < -0.4 is 10.0 Å². The number of benzene rings is 1. The number of rotatable bonds is 6. The van der Waals surface area contributed by atoms with E-state index in [0.717, 1.165) is 12.8 Å². The number of anilines is 1. The van der Waals surface area contributed by atoms with Gasteiger partial charge in [-0.25, -0.2) is 18.1 Å². The zero-order chi connectivity index (χ0) is 21.0. The van der Waals surface area contributed by atoms with E-state index < -0.39 is 22.7 Å². The number of halogens is 3. The van der Waals surface area contributed by atoms with Crippen molar-refractivity contribution in [3.63, 3.8) is 0 Å². The number of fused-ring (bicyclic) bond motifs is 1. The summed E-state index contributed by atoms with van der Waals surface area (Å²) in [6.07, 6.45) is -2.96. The fraction of sp³-hybridized carbons (Fsp3) is 0.412. The molecule has 3 N–H and O–H groups in total. The molecule has 0 radical (unpaired) electrons. The van der Waals surface area contributed by atoms with Crippen molar-refractivity contribution in [2.24, 2.45) is 0 Å². The summed E-state index contributed by atoms with van der Waals surface area (Å²) in [5.74, 6) is 0.325. The van der Waals surface area contributed by atoms with E-state index in [1.807, 2.05) is 0 Å². The molecule has 0 amide bonds. The second-order valence-electron chi connectivity index (χ2n) is 7.02. The minimum absolute atomic E-state index is 0.0540. The van der Waals surface area contributed by atoms with Gasteiger partial charge in [0, 0.05) is 11.6 Å². The number of sulfonamides is 1. The number of H-pyrrole nitrogens is 1. The van der Waals surface area contributed by atoms with Gasteiger partial charge < -0.3 is 14.8 Å². The molecule has 1 aliphatic carbocycles. The van der Waals surface area contributed by atoms with E-state index in [1.54, 1.807) is 19.9 Å². The molecule has 1 aliphatic rings. The standard InChI is InChI=1S/C17H18F3N5O3S/c1-8-14(9(2)28-24-8)10-5-12-15(23-16(22-12)21-7-17(18,19)20)13(6-10)29(26,27)25-11-3-4-11/h5-6,11,25H,3-4,7H2,1-2H3,(H2,21,22,23). The van der Waals surface area contributed by atoms with Gasteiger partial charge in [0.15, 0.2) is 0 Å². The van der Waals surface area contributed by atoms with Crippen LogP contribution >= 0.6 is 0 Å². The summed E-state index contributed by atoms with van der Waals surface area (Å²) in [5, 5.41) is 6.03. The van der Waals surface area contributed by atoms with E-state index >= 15 is 0 Å². The Bertz CT molecular complexity index is 1160. The van der Waals surface area contributed by atoms with E-state index in [0.29, 0.717) is 22.6 Å².